The second-order valence-corrected chi connectivity index (χ2v) is 6.35. The number of carbonyl (C=O) groups is 1. The lowest BCUT2D eigenvalue weighted by atomic mass is 10.1. The van der Waals surface area contributed by atoms with E-state index in [4.69, 9.17) is 0 Å². The number of hydrogen-bond acceptors (Lipinski definition) is 1. The number of nitrogens with one attached hydrogen (secondary N) is 1. The number of carbonyl (C=O) groups excluding carboxylic acids is 1. The molecule has 0 aliphatic carbocycles. The van der Waals surface area contributed by atoms with Crippen molar-refractivity contribution < 1.29 is 13.6 Å². The van der Waals surface area contributed by atoms with Crippen molar-refractivity contribution >= 4 is 37.8 Å². The molecule has 2 rings (SSSR count). The van der Waals surface area contributed by atoms with Crippen LogP contribution < -0.4 is 5.32 Å². The average Bonchev–Trinajstić information content (AvgIpc) is 2.40. The molecule has 110 valence electrons. The standard InChI is InChI=1S/C15H11Br2F2NO/c1-8(13-7-12(18)2-3-14(13)19)20-15(21)9-4-10(16)6-11(17)5-9/h2-8H,1H3,(H,20,21). The molecule has 1 amide bonds. The Morgan fingerprint density at radius 1 is 1.10 bits per heavy atom. The van der Waals surface area contributed by atoms with Gasteiger partial charge in [0.05, 0.1) is 6.04 Å². The summed E-state index contributed by atoms with van der Waals surface area (Å²) in [5.74, 6) is -1.47. The van der Waals surface area contributed by atoms with Crippen LogP contribution in [0.5, 0.6) is 0 Å². The molecular formula is C15H11Br2F2NO. The van der Waals surface area contributed by atoms with Gasteiger partial charge in [-0.15, -0.1) is 0 Å². The first kappa shape index (κ1) is 16.1. The van der Waals surface area contributed by atoms with E-state index in [-0.39, 0.29) is 11.5 Å². The predicted octanol–water partition coefficient (Wildman–Crippen LogP) is 4.98. The van der Waals surface area contributed by atoms with Gasteiger partial charge in [0.25, 0.3) is 5.91 Å². The van der Waals surface area contributed by atoms with Crippen LogP contribution in [0.15, 0.2) is 45.3 Å². The fourth-order valence-corrected chi connectivity index (χ4v) is 3.18. The Morgan fingerprint density at radius 3 is 2.33 bits per heavy atom. The molecule has 1 unspecified atom stereocenters. The van der Waals surface area contributed by atoms with Gasteiger partial charge in [-0.2, -0.15) is 0 Å². The van der Waals surface area contributed by atoms with Crippen LogP contribution >= 0.6 is 31.9 Å². The van der Waals surface area contributed by atoms with Crippen LogP contribution in [0.3, 0.4) is 0 Å². The first-order valence-corrected chi connectivity index (χ1v) is 7.67. The molecule has 1 N–H and O–H groups in total. The van der Waals surface area contributed by atoms with Gasteiger partial charge < -0.3 is 5.32 Å². The summed E-state index contributed by atoms with van der Waals surface area (Å²) in [6, 6.07) is 7.61. The van der Waals surface area contributed by atoms with E-state index in [0.29, 0.717) is 5.56 Å². The lowest BCUT2D eigenvalue weighted by Gasteiger charge is -2.15. The Bertz CT molecular complexity index is 671. The summed E-state index contributed by atoms with van der Waals surface area (Å²) in [5.41, 5.74) is 0.525. The zero-order valence-corrected chi connectivity index (χ0v) is 14.1. The van der Waals surface area contributed by atoms with Gasteiger partial charge in [-0.3, -0.25) is 4.79 Å². The van der Waals surface area contributed by atoms with Crippen molar-refractivity contribution in [1.82, 2.24) is 5.32 Å². The smallest absolute Gasteiger partial charge is 0.251 e. The topological polar surface area (TPSA) is 29.1 Å². The zero-order chi connectivity index (χ0) is 15.6. The summed E-state index contributed by atoms with van der Waals surface area (Å²) in [5, 5.41) is 2.65. The number of rotatable bonds is 3. The van der Waals surface area contributed by atoms with Crippen molar-refractivity contribution in [2.75, 3.05) is 0 Å². The van der Waals surface area contributed by atoms with Gasteiger partial charge in [-0.1, -0.05) is 31.9 Å². The molecule has 0 saturated carbocycles. The normalized spacial score (nSPS) is 12.0. The lowest BCUT2D eigenvalue weighted by Crippen LogP contribution is -2.27. The van der Waals surface area contributed by atoms with Crippen LogP contribution in [0.4, 0.5) is 8.78 Å². The van der Waals surface area contributed by atoms with Crippen LogP contribution in [0.1, 0.15) is 28.9 Å². The minimum Gasteiger partial charge on any atom is -0.345 e. The van der Waals surface area contributed by atoms with Crippen molar-refractivity contribution in [3.63, 3.8) is 0 Å². The second kappa shape index (κ2) is 6.66. The quantitative estimate of drug-likeness (QED) is 0.748. The van der Waals surface area contributed by atoms with Crippen molar-refractivity contribution in [1.29, 1.82) is 0 Å². The van der Waals surface area contributed by atoms with E-state index in [1.165, 1.54) is 0 Å². The van der Waals surface area contributed by atoms with E-state index in [1.807, 2.05) is 0 Å². The van der Waals surface area contributed by atoms with E-state index in [0.717, 1.165) is 27.1 Å². The SMILES string of the molecule is CC(NC(=O)c1cc(Br)cc(Br)c1)c1cc(F)ccc1F. The molecule has 2 aromatic rings. The molecule has 0 bridgehead atoms. The summed E-state index contributed by atoms with van der Waals surface area (Å²) < 4.78 is 28.3. The van der Waals surface area contributed by atoms with Crippen LogP contribution in [0.25, 0.3) is 0 Å². The van der Waals surface area contributed by atoms with Gasteiger partial charge in [0.2, 0.25) is 0 Å². The number of hydrogen-bond donors (Lipinski definition) is 1. The summed E-state index contributed by atoms with van der Waals surface area (Å²) in [6.45, 7) is 1.60. The number of amides is 1. The van der Waals surface area contributed by atoms with Crippen LogP contribution in [0, 0.1) is 11.6 Å². The highest BCUT2D eigenvalue weighted by atomic mass is 79.9. The molecule has 0 radical (unpaired) electrons. The van der Waals surface area contributed by atoms with E-state index >= 15 is 0 Å². The largest absolute Gasteiger partial charge is 0.345 e. The molecule has 1 atom stereocenters. The number of halogens is 4. The first-order chi connectivity index (χ1) is 9.86. The van der Waals surface area contributed by atoms with Gasteiger partial charge in [0.15, 0.2) is 0 Å². The monoisotopic (exact) mass is 417 g/mol. The van der Waals surface area contributed by atoms with Crippen LogP contribution in [-0.4, -0.2) is 5.91 Å². The third kappa shape index (κ3) is 4.11. The third-order valence-corrected chi connectivity index (χ3v) is 3.81. The third-order valence-electron chi connectivity index (χ3n) is 2.90. The molecule has 2 aromatic carbocycles. The number of benzene rings is 2. The van der Waals surface area contributed by atoms with E-state index < -0.39 is 17.7 Å². The molecular weight excluding hydrogens is 408 g/mol. The Morgan fingerprint density at radius 2 is 1.71 bits per heavy atom. The predicted molar refractivity (Wildman–Crippen MR) is 84.1 cm³/mol. The summed E-state index contributed by atoms with van der Waals surface area (Å²) >= 11 is 6.59. The Kier molecular flexibility index (Phi) is 5.11. The molecule has 0 spiro atoms. The van der Waals surface area contributed by atoms with Gasteiger partial charge in [0, 0.05) is 20.1 Å². The maximum absolute atomic E-state index is 13.7. The highest BCUT2D eigenvalue weighted by Gasteiger charge is 2.16. The minimum atomic E-state index is -0.647. The highest BCUT2D eigenvalue weighted by Crippen LogP contribution is 2.22. The van der Waals surface area contributed by atoms with Crippen LogP contribution in [0.2, 0.25) is 0 Å². The average molecular weight is 419 g/mol. The van der Waals surface area contributed by atoms with Crippen molar-refractivity contribution in [3.05, 3.63) is 68.1 Å². The molecule has 6 heteroatoms. The fraction of sp³-hybridized carbons (Fsp3) is 0.133. The Balaban J connectivity index is 2.20. The fourth-order valence-electron chi connectivity index (χ4n) is 1.89. The summed E-state index contributed by atoms with van der Waals surface area (Å²) in [6.07, 6.45) is 0. The van der Waals surface area contributed by atoms with E-state index in [1.54, 1.807) is 25.1 Å². The Hall–Kier alpha value is -1.27. The van der Waals surface area contributed by atoms with Crippen LogP contribution in [-0.2, 0) is 0 Å². The molecule has 21 heavy (non-hydrogen) atoms. The molecule has 0 aliphatic rings. The highest BCUT2D eigenvalue weighted by molar-refractivity contribution is 9.11. The lowest BCUT2D eigenvalue weighted by molar-refractivity contribution is 0.0939. The van der Waals surface area contributed by atoms with Gasteiger partial charge in [-0.05, 0) is 43.3 Å². The maximum atomic E-state index is 13.7. The Labute approximate surface area is 137 Å². The zero-order valence-electron chi connectivity index (χ0n) is 11.0. The maximum Gasteiger partial charge on any atom is 0.251 e. The second-order valence-electron chi connectivity index (χ2n) is 4.52. The molecule has 0 saturated heterocycles. The minimum absolute atomic E-state index is 0.109. The molecule has 2 nitrogen and oxygen atoms in total. The van der Waals surface area contributed by atoms with Crippen molar-refractivity contribution in [2.45, 2.75) is 13.0 Å². The van der Waals surface area contributed by atoms with Gasteiger partial charge in [0.1, 0.15) is 11.6 Å². The van der Waals surface area contributed by atoms with E-state index in [2.05, 4.69) is 37.2 Å². The molecule has 0 fully saturated rings. The van der Waals surface area contributed by atoms with Gasteiger partial charge in [-0.25, -0.2) is 8.78 Å². The molecule has 0 aromatic heterocycles. The van der Waals surface area contributed by atoms with Crippen molar-refractivity contribution in [2.24, 2.45) is 0 Å². The molecule has 0 aliphatic heterocycles. The van der Waals surface area contributed by atoms with E-state index in [9.17, 15) is 13.6 Å². The molecule has 0 heterocycles. The van der Waals surface area contributed by atoms with Gasteiger partial charge >= 0.3 is 0 Å². The summed E-state index contributed by atoms with van der Waals surface area (Å²) in [7, 11) is 0. The van der Waals surface area contributed by atoms with Crippen molar-refractivity contribution in [3.8, 4) is 0 Å². The first-order valence-electron chi connectivity index (χ1n) is 6.08. The summed E-state index contributed by atoms with van der Waals surface area (Å²) in [4.78, 5) is 12.2.